The molecule has 84 valence electrons. The maximum atomic E-state index is 10.9. The normalized spacial score (nSPS) is 11.2. The van der Waals surface area contributed by atoms with Crippen molar-refractivity contribution >= 4 is 23.3 Å². The molecule has 0 radical (unpaired) electrons. The summed E-state index contributed by atoms with van der Waals surface area (Å²) in [4.78, 5) is -0.171. The molecule has 0 spiro atoms. The highest BCUT2D eigenvalue weighted by atomic mass is 16.8. The second-order valence-corrected chi connectivity index (χ2v) is 2.48. The molecule has 0 atom stereocenters. The fourth-order valence-corrected chi connectivity index (χ4v) is 0.778. The number of nitrogens with zero attached hydrogens (tertiary/aromatic N) is 6. The van der Waals surface area contributed by atoms with Crippen LogP contribution < -0.4 is 21.3 Å². The zero-order valence-electron chi connectivity index (χ0n) is 7.47. The molecule has 4 N–H and O–H groups in total. The van der Waals surface area contributed by atoms with E-state index in [0.29, 0.717) is 0 Å². The van der Waals surface area contributed by atoms with Crippen LogP contribution in [-0.4, -0.2) is 10.3 Å². The largest absolute Gasteiger partial charge is 0.401 e. The Hall–Kier alpha value is -2.92. The van der Waals surface area contributed by atoms with Crippen LogP contribution in [0.1, 0.15) is 0 Å². The maximum Gasteiger partial charge on any atom is 0.401 e. The van der Waals surface area contributed by atoms with Crippen molar-refractivity contribution in [1.29, 1.82) is 0 Å². The molecule has 0 saturated heterocycles. The third-order valence-electron chi connectivity index (χ3n) is 1.47. The minimum atomic E-state index is -0.416. The molecule has 16 heavy (non-hydrogen) atoms. The number of anilines is 2. The van der Waals surface area contributed by atoms with Crippen LogP contribution in [0.15, 0.2) is 19.5 Å². The van der Waals surface area contributed by atoms with Crippen molar-refractivity contribution in [2.45, 2.75) is 0 Å². The molecule has 0 amide bonds. The van der Waals surface area contributed by atoms with Crippen LogP contribution in [0.25, 0.3) is 0 Å². The fourth-order valence-electron chi connectivity index (χ4n) is 0.778. The number of aromatic nitrogens is 4. The summed E-state index contributed by atoms with van der Waals surface area (Å²) in [5.74, 6) is -1.40. The minimum Gasteiger partial charge on any atom is -0.390 e. The molecular formula is C4H4N8O4. The third kappa shape index (κ3) is 1.43. The number of hydrogen-bond acceptors (Lipinski definition) is 10. The average molecular weight is 228 g/mol. The zero-order chi connectivity index (χ0) is 11.7. The van der Waals surface area contributed by atoms with Gasteiger partial charge in [0.05, 0.1) is 10.2 Å². The SMILES string of the molecule is Nc1no[n+]([O-])c1N=Nc1c(N)no[n+]1[O-]. The molecule has 0 saturated carbocycles. The summed E-state index contributed by atoms with van der Waals surface area (Å²) in [6.45, 7) is 0. The van der Waals surface area contributed by atoms with Gasteiger partial charge in [0.2, 0.25) is 0 Å². The van der Waals surface area contributed by atoms with Gasteiger partial charge in [0, 0.05) is 0 Å². The summed E-state index contributed by atoms with van der Waals surface area (Å²) >= 11 is 0. The minimum absolute atomic E-state index is 0.0856. The van der Waals surface area contributed by atoms with Gasteiger partial charge in [0.15, 0.2) is 0 Å². The van der Waals surface area contributed by atoms with E-state index >= 15 is 0 Å². The Kier molecular flexibility index (Phi) is 2.01. The Morgan fingerprint density at radius 1 is 0.938 bits per heavy atom. The molecule has 0 aromatic carbocycles. The van der Waals surface area contributed by atoms with Gasteiger partial charge in [-0.05, 0) is 10.3 Å². The molecule has 2 aromatic rings. The first-order chi connectivity index (χ1) is 7.59. The number of nitrogen functional groups attached to an aromatic ring is 2. The van der Waals surface area contributed by atoms with Crippen LogP contribution >= 0.6 is 0 Å². The first-order valence-corrected chi connectivity index (χ1v) is 3.71. The topological polar surface area (TPSA) is 183 Å². The Labute approximate surface area is 85.8 Å². The van der Waals surface area contributed by atoms with E-state index < -0.39 is 11.6 Å². The van der Waals surface area contributed by atoms with Gasteiger partial charge in [-0.3, -0.25) is 0 Å². The fraction of sp³-hybridized carbons (Fsp3) is 0. The van der Waals surface area contributed by atoms with Crippen molar-refractivity contribution in [3.05, 3.63) is 10.4 Å². The van der Waals surface area contributed by atoms with E-state index in [1.54, 1.807) is 0 Å². The second-order valence-electron chi connectivity index (χ2n) is 2.48. The highest BCUT2D eigenvalue weighted by molar-refractivity contribution is 5.48. The zero-order valence-corrected chi connectivity index (χ0v) is 7.47. The highest BCUT2D eigenvalue weighted by Crippen LogP contribution is 2.19. The lowest BCUT2D eigenvalue weighted by Crippen LogP contribution is -2.23. The molecule has 2 aromatic heterocycles. The molecule has 0 aliphatic carbocycles. The van der Waals surface area contributed by atoms with Crippen molar-refractivity contribution < 1.29 is 19.1 Å². The van der Waals surface area contributed by atoms with E-state index in [-0.39, 0.29) is 21.4 Å². The summed E-state index contributed by atoms with van der Waals surface area (Å²) in [5.41, 5.74) is 10.4. The van der Waals surface area contributed by atoms with Gasteiger partial charge in [0.25, 0.3) is 0 Å². The van der Waals surface area contributed by atoms with Crippen LogP contribution in [-0.2, 0) is 0 Å². The summed E-state index contributed by atoms with van der Waals surface area (Å²) in [6.07, 6.45) is 0. The Bertz CT molecular complexity index is 455. The highest BCUT2D eigenvalue weighted by Gasteiger charge is 2.21. The van der Waals surface area contributed by atoms with E-state index in [2.05, 4.69) is 29.8 Å². The lowest BCUT2D eigenvalue weighted by molar-refractivity contribution is -0.793. The van der Waals surface area contributed by atoms with Gasteiger partial charge in [-0.2, -0.15) is 0 Å². The molecule has 2 heterocycles. The van der Waals surface area contributed by atoms with Crippen molar-refractivity contribution in [3.8, 4) is 0 Å². The molecule has 0 aliphatic heterocycles. The molecule has 0 fully saturated rings. The first kappa shape index (κ1) is 9.63. The predicted octanol–water partition coefficient (Wildman–Crippen LogP) is -1.49. The predicted molar refractivity (Wildman–Crippen MR) is 43.9 cm³/mol. The molecular weight excluding hydrogens is 224 g/mol. The van der Waals surface area contributed by atoms with E-state index in [4.69, 9.17) is 11.5 Å². The second kappa shape index (κ2) is 3.34. The third-order valence-corrected chi connectivity index (χ3v) is 1.47. The van der Waals surface area contributed by atoms with Gasteiger partial charge in [-0.15, -0.1) is 0 Å². The number of hydrogen-bond donors (Lipinski definition) is 2. The molecule has 12 nitrogen and oxygen atoms in total. The van der Waals surface area contributed by atoms with Gasteiger partial charge in [-0.25, -0.2) is 0 Å². The molecule has 12 heteroatoms. The van der Waals surface area contributed by atoms with Gasteiger partial charge >= 0.3 is 23.3 Å². The van der Waals surface area contributed by atoms with Crippen molar-refractivity contribution in [3.63, 3.8) is 0 Å². The van der Waals surface area contributed by atoms with Crippen molar-refractivity contribution in [1.82, 2.24) is 10.3 Å². The quantitative estimate of drug-likeness (QED) is 0.459. The number of azo groups is 1. The van der Waals surface area contributed by atoms with E-state index in [9.17, 15) is 10.4 Å². The monoisotopic (exact) mass is 228 g/mol. The lowest BCUT2D eigenvalue weighted by Gasteiger charge is -1.85. The van der Waals surface area contributed by atoms with Gasteiger partial charge in [0.1, 0.15) is 0 Å². The van der Waals surface area contributed by atoms with Crippen LogP contribution in [0.3, 0.4) is 0 Å². The number of nitrogens with two attached hydrogens (primary N) is 2. The molecule has 0 unspecified atom stereocenters. The molecule has 0 bridgehead atoms. The van der Waals surface area contributed by atoms with Gasteiger partial charge in [-0.1, -0.05) is 9.81 Å². The van der Waals surface area contributed by atoms with E-state index in [0.717, 1.165) is 0 Å². The smallest absolute Gasteiger partial charge is 0.390 e. The van der Waals surface area contributed by atoms with Crippen LogP contribution in [0.4, 0.5) is 23.3 Å². The summed E-state index contributed by atoms with van der Waals surface area (Å²) in [7, 11) is 0. The first-order valence-electron chi connectivity index (χ1n) is 3.71. The summed E-state index contributed by atoms with van der Waals surface area (Å²) in [5, 5.41) is 34.6. The average Bonchev–Trinajstić information content (AvgIpc) is 2.72. The van der Waals surface area contributed by atoms with E-state index in [1.807, 2.05) is 0 Å². The number of rotatable bonds is 2. The standard InChI is InChI=1S/C4H4N8O4/c5-1-3(11(13)15-9-1)7-8-4-2(6)10-16-12(4)14/h(H2,5,9)(H2,6,10). The Morgan fingerprint density at radius 2 is 1.31 bits per heavy atom. The van der Waals surface area contributed by atoms with Gasteiger partial charge < -0.3 is 31.1 Å². The van der Waals surface area contributed by atoms with Crippen molar-refractivity contribution in [2.75, 3.05) is 11.5 Å². The molecule has 0 aliphatic rings. The molecule has 2 rings (SSSR count). The summed E-state index contributed by atoms with van der Waals surface area (Å²) in [6, 6.07) is 0. The van der Waals surface area contributed by atoms with Crippen LogP contribution in [0, 0.1) is 10.4 Å². The van der Waals surface area contributed by atoms with Crippen molar-refractivity contribution in [2.24, 2.45) is 10.2 Å². The van der Waals surface area contributed by atoms with Crippen LogP contribution in [0.5, 0.6) is 0 Å². The van der Waals surface area contributed by atoms with Crippen LogP contribution in [0.2, 0.25) is 0 Å². The lowest BCUT2D eigenvalue weighted by atomic mass is 10.7. The Balaban J connectivity index is 2.35. The Morgan fingerprint density at radius 3 is 1.56 bits per heavy atom. The van der Waals surface area contributed by atoms with E-state index in [1.165, 1.54) is 0 Å². The summed E-state index contributed by atoms with van der Waals surface area (Å²) < 4.78 is 8.21. The maximum absolute atomic E-state index is 10.9.